The molecule has 0 fully saturated rings. The molecule has 0 radical (unpaired) electrons. The number of amides is 2. The summed E-state index contributed by atoms with van der Waals surface area (Å²) in [6, 6.07) is 8.24. The number of hydrogen-bond donors (Lipinski definition) is 2. The molecule has 1 aliphatic rings. The van der Waals surface area contributed by atoms with Crippen molar-refractivity contribution in [2.45, 2.75) is 0 Å². The Labute approximate surface area is 129 Å². The smallest absolute Gasteiger partial charge is 0.262 e. The number of carbonyl (C=O) groups is 2. The molecule has 7 heteroatoms. The molecular formula is C16H10N4O3. The molecule has 0 unspecified atom stereocenters. The first-order chi connectivity index (χ1) is 11.1. The number of nitrogens with one attached hydrogen (secondary N) is 1. The fourth-order valence-electron chi connectivity index (χ4n) is 2.83. The van der Waals surface area contributed by atoms with Crippen molar-refractivity contribution in [3.8, 4) is 5.69 Å². The minimum atomic E-state index is -0.608. The molecule has 2 aromatic heterocycles. The van der Waals surface area contributed by atoms with Gasteiger partial charge in [0.15, 0.2) is 0 Å². The van der Waals surface area contributed by atoms with Crippen LogP contribution in [0.25, 0.3) is 16.5 Å². The predicted octanol–water partition coefficient (Wildman–Crippen LogP) is 0.851. The summed E-state index contributed by atoms with van der Waals surface area (Å²) < 4.78 is 1.24. The van der Waals surface area contributed by atoms with E-state index in [1.54, 1.807) is 30.6 Å². The molecule has 23 heavy (non-hydrogen) atoms. The van der Waals surface area contributed by atoms with Crippen molar-refractivity contribution in [2.75, 3.05) is 5.73 Å². The van der Waals surface area contributed by atoms with Gasteiger partial charge in [0.2, 0.25) is 0 Å². The molecule has 112 valence electrons. The van der Waals surface area contributed by atoms with Crippen LogP contribution in [0, 0.1) is 0 Å². The maximum atomic E-state index is 12.5. The summed E-state index contributed by atoms with van der Waals surface area (Å²) >= 11 is 0. The molecule has 3 heterocycles. The Balaban J connectivity index is 2.11. The van der Waals surface area contributed by atoms with Crippen LogP contribution in [0.2, 0.25) is 0 Å². The lowest BCUT2D eigenvalue weighted by atomic mass is 10.1. The lowest BCUT2D eigenvalue weighted by Crippen LogP contribution is -2.24. The van der Waals surface area contributed by atoms with Gasteiger partial charge in [0, 0.05) is 29.2 Å². The zero-order valence-corrected chi connectivity index (χ0v) is 11.7. The van der Waals surface area contributed by atoms with Gasteiger partial charge in [-0.2, -0.15) is 0 Å². The van der Waals surface area contributed by atoms with Crippen LogP contribution >= 0.6 is 0 Å². The number of carbonyl (C=O) groups excluding carboxylic acids is 2. The van der Waals surface area contributed by atoms with E-state index in [1.807, 2.05) is 6.07 Å². The van der Waals surface area contributed by atoms with E-state index in [9.17, 15) is 14.4 Å². The molecular weight excluding hydrogens is 296 g/mol. The van der Waals surface area contributed by atoms with Gasteiger partial charge in [-0.05, 0) is 12.1 Å². The Hall–Kier alpha value is -3.48. The van der Waals surface area contributed by atoms with E-state index in [1.165, 1.54) is 4.57 Å². The van der Waals surface area contributed by atoms with Crippen LogP contribution in [0.4, 0.5) is 5.82 Å². The zero-order valence-electron chi connectivity index (χ0n) is 11.7. The summed E-state index contributed by atoms with van der Waals surface area (Å²) in [5, 5.41) is 3.74. The van der Waals surface area contributed by atoms with E-state index in [0.717, 1.165) is 16.8 Å². The van der Waals surface area contributed by atoms with Crippen molar-refractivity contribution in [2.24, 2.45) is 0 Å². The topological polar surface area (TPSA) is 107 Å². The van der Waals surface area contributed by atoms with Gasteiger partial charge in [-0.3, -0.25) is 29.3 Å². The van der Waals surface area contributed by atoms with Gasteiger partial charge in [-0.15, -0.1) is 0 Å². The first-order valence-corrected chi connectivity index (χ1v) is 6.82. The number of nitrogens with zero attached hydrogens (tertiary/aromatic N) is 2. The van der Waals surface area contributed by atoms with E-state index >= 15 is 0 Å². The summed E-state index contributed by atoms with van der Waals surface area (Å²) in [7, 11) is 0. The van der Waals surface area contributed by atoms with Gasteiger partial charge >= 0.3 is 0 Å². The number of nitrogens with two attached hydrogens (primary N) is 1. The number of rotatable bonds is 1. The third-order valence-corrected chi connectivity index (χ3v) is 3.85. The van der Waals surface area contributed by atoms with Crippen LogP contribution in [0.1, 0.15) is 20.7 Å². The molecule has 0 spiro atoms. The standard InChI is InChI=1S/C16H10N4O3/c17-14-13-10(15(22)19-16(13)23)6-12(21)20(14)11-3-1-2-8-7-18-5-4-9(8)11/h1-7H,17H2,(H,19,22,23). The summed E-state index contributed by atoms with van der Waals surface area (Å²) in [5.41, 5.74) is 6.14. The Kier molecular flexibility index (Phi) is 2.59. The molecule has 0 atom stereocenters. The molecule has 1 aliphatic heterocycles. The number of anilines is 1. The van der Waals surface area contributed by atoms with E-state index in [4.69, 9.17) is 5.73 Å². The number of nitrogen functional groups attached to an aromatic ring is 1. The van der Waals surface area contributed by atoms with Gasteiger partial charge in [-0.25, -0.2) is 0 Å². The highest BCUT2D eigenvalue weighted by atomic mass is 16.2. The second-order valence-electron chi connectivity index (χ2n) is 5.15. The Morgan fingerprint density at radius 1 is 1.09 bits per heavy atom. The number of hydrogen-bond acceptors (Lipinski definition) is 5. The van der Waals surface area contributed by atoms with Crippen molar-refractivity contribution in [3.63, 3.8) is 0 Å². The summed E-state index contributed by atoms with van der Waals surface area (Å²) in [5.74, 6) is -1.26. The Morgan fingerprint density at radius 3 is 2.74 bits per heavy atom. The third-order valence-electron chi connectivity index (χ3n) is 3.85. The third kappa shape index (κ3) is 1.76. The van der Waals surface area contributed by atoms with Crippen LogP contribution in [-0.4, -0.2) is 21.4 Å². The van der Waals surface area contributed by atoms with Crippen LogP contribution < -0.4 is 16.6 Å². The largest absolute Gasteiger partial charge is 0.384 e. The van der Waals surface area contributed by atoms with Crippen LogP contribution in [0.15, 0.2) is 47.5 Å². The molecule has 4 rings (SSSR count). The molecule has 0 saturated heterocycles. The maximum absolute atomic E-state index is 12.5. The quantitative estimate of drug-likeness (QED) is 0.648. The van der Waals surface area contributed by atoms with Gasteiger partial charge in [0.25, 0.3) is 17.4 Å². The normalized spacial score (nSPS) is 13.2. The highest BCUT2D eigenvalue weighted by molar-refractivity contribution is 6.23. The van der Waals surface area contributed by atoms with Crippen LogP contribution in [-0.2, 0) is 0 Å². The number of benzene rings is 1. The van der Waals surface area contributed by atoms with Gasteiger partial charge in [0.05, 0.1) is 16.8 Å². The number of pyridine rings is 2. The van der Waals surface area contributed by atoms with Crippen molar-refractivity contribution in [1.82, 2.24) is 14.9 Å². The first kappa shape index (κ1) is 13.2. The molecule has 0 saturated carbocycles. The molecule has 3 N–H and O–H groups in total. The lowest BCUT2D eigenvalue weighted by Gasteiger charge is -2.13. The second kappa shape index (κ2) is 4.51. The highest BCUT2D eigenvalue weighted by Gasteiger charge is 2.32. The van der Waals surface area contributed by atoms with Crippen LogP contribution in [0.5, 0.6) is 0 Å². The minimum Gasteiger partial charge on any atom is -0.384 e. The first-order valence-electron chi connectivity index (χ1n) is 6.82. The summed E-state index contributed by atoms with van der Waals surface area (Å²) in [6.07, 6.45) is 3.28. The molecule has 0 bridgehead atoms. The SMILES string of the molecule is Nc1c2c(cc(=O)n1-c1cccc3cnccc13)C(=O)NC2=O. The number of aromatic nitrogens is 2. The molecule has 2 amide bonds. The van der Waals surface area contributed by atoms with Crippen molar-refractivity contribution >= 4 is 28.4 Å². The average Bonchev–Trinajstić information content (AvgIpc) is 2.82. The fraction of sp³-hybridized carbons (Fsp3) is 0. The molecule has 1 aromatic carbocycles. The van der Waals surface area contributed by atoms with Crippen LogP contribution in [0.3, 0.4) is 0 Å². The Bertz CT molecular complexity index is 1060. The predicted molar refractivity (Wildman–Crippen MR) is 83.5 cm³/mol. The van der Waals surface area contributed by atoms with E-state index in [0.29, 0.717) is 5.69 Å². The fourth-order valence-corrected chi connectivity index (χ4v) is 2.83. The zero-order chi connectivity index (χ0) is 16.1. The number of fused-ring (bicyclic) bond motifs is 2. The van der Waals surface area contributed by atoms with Gasteiger partial charge < -0.3 is 5.73 Å². The van der Waals surface area contributed by atoms with E-state index in [2.05, 4.69) is 10.3 Å². The molecule has 0 aliphatic carbocycles. The number of imide groups is 1. The maximum Gasteiger partial charge on any atom is 0.262 e. The van der Waals surface area contributed by atoms with E-state index < -0.39 is 17.4 Å². The molecule has 7 nitrogen and oxygen atoms in total. The van der Waals surface area contributed by atoms with Gasteiger partial charge in [-0.1, -0.05) is 12.1 Å². The van der Waals surface area contributed by atoms with Crippen molar-refractivity contribution < 1.29 is 9.59 Å². The monoisotopic (exact) mass is 306 g/mol. The van der Waals surface area contributed by atoms with Crippen molar-refractivity contribution in [3.05, 3.63) is 64.2 Å². The van der Waals surface area contributed by atoms with E-state index in [-0.39, 0.29) is 16.9 Å². The lowest BCUT2D eigenvalue weighted by molar-refractivity contribution is 0.0880. The minimum absolute atomic E-state index is 0.00986. The summed E-state index contributed by atoms with van der Waals surface area (Å²) in [6.45, 7) is 0. The summed E-state index contributed by atoms with van der Waals surface area (Å²) in [4.78, 5) is 40.1. The Morgan fingerprint density at radius 2 is 1.91 bits per heavy atom. The highest BCUT2D eigenvalue weighted by Crippen LogP contribution is 2.26. The average molecular weight is 306 g/mol. The van der Waals surface area contributed by atoms with Crippen molar-refractivity contribution in [1.29, 1.82) is 0 Å². The van der Waals surface area contributed by atoms with Gasteiger partial charge in [0.1, 0.15) is 5.82 Å². The second-order valence-corrected chi connectivity index (χ2v) is 5.15. The molecule has 3 aromatic rings.